The van der Waals surface area contributed by atoms with E-state index >= 15 is 0 Å². The van der Waals surface area contributed by atoms with Crippen molar-refractivity contribution in [1.29, 1.82) is 0 Å². The summed E-state index contributed by atoms with van der Waals surface area (Å²) in [5.41, 5.74) is 0.996. The van der Waals surface area contributed by atoms with Crippen LogP contribution in [0.1, 0.15) is 63.4 Å². The normalized spacial score (nSPS) is 21.4. The van der Waals surface area contributed by atoms with E-state index in [1.165, 1.54) is 6.07 Å². The number of amides is 1. The molecular weight excluding hydrogens is 348 g/mol. The Bertz CT molecular complexity index is 778. The molecule has 1 aliphatic carbocycles. The van der Waals surface area contributed by atoms with Gasteiger partial charge in [0.1, 0.15) is 6.10 Å². The molecule has 144 valence electrons. The predicted octanol–water partition coefficient (Wildman–Crippen LogP) is 3.74. The molecule has 0 radical (unpaired) electrons. The molecule has 1 fully saturated rings. The Morgan fingerprint density at radius 1 is 1.19 bits per heavy atom. The van der Waals surface area contributed by atoms with Gasteiger partial charge in [-0.1, -0.05) is 31.0 Å². The number of nitrogens with one attached hydrogen (secondary N) is 1. The van der Waals surface area contributed by atoms with Gasteiger partial charge < -0.3 is 10.1 Å². The van der Waals surface area contributed by atoms with Crippen molar-refractivity contribution in [2.45, 2.75) is 63.9 Å². The minimum absolute atomic E-state index is 0.0166. The van der Waals surface area contributed by atoms with Crippen LogP contribution >= 0.6 is 0 Å². The predicted molar refractivity (Wildman–Crippen MR) is 98.9 cm³/mol. The topological polar surface area (TPSA) is 98.5 Å². The summed E-state index contributed by atoms with van der Waals surface area (Å²) in [6, 6.07) is 6.25. The third-order valence-electron chi connectivity index (χ3n) is 5.27. The van der Waals surface area contributed by atoms with Gasteiger partial charge in [0.15, 0.2) is 0 Å². The number of hydrogen-bond acceptors (Lipinski definition) is 5. The zero-order valence-corrected chi connectivity index (χ0v) is 15.4. The summed E-state index contributed by atoms with van der Waals surface area (Å²) in [5, 5.41) is 14.1. The molecule has 1 N–H and O–H groups in total. The van der Waals surface area contributed by atoms with E-state index in [4.69, 9.17) is 4.74 Å². The van der Waals surface area contributed by atoms with Crippen molar-refractivity contribution in [1.82, 2.24) is 5.32 Å². The van der Waals surface area contributed by atoms with Crippen molar-refractivity contribution in [3.8, 4) is 0 Å². The van der Waals surface area contributed by atoms with Crippen molar-refractivity contribution < 1.29 is 19.2 Å². The molecule has 0 bridgehead atoms. The lowest BCUT2D eigenvalue weighted by Gasteiger charge is -2.27. The van der Waals surface area contributed by atoms with Gasteiger partial charge in [-0.15, -0.1) is 0 Å². The largest absolute Gasteiger partial charge is 0.459 e. The van der Waals surface area contributed by atoms with Crippen LogP contribution in [0.5, 0.6) is 0 Å². The second-order valence-corrected chi connectivity index (χ2v) is 7.18. The summed E-state index contributed by atoms with van der Waals surface area (Å²) >= 11 is 0. The summed E-state index contributed by atoms with van der Waals surface area (Å²) in [6.45, 7) is 1.64. The van der Waals surface area contributed by atoms with Crippen molar-refractivity contribution in [2.24, 2.45) is 0 Å². The second kappa shape index (κ2) is 8.33. The summed E-state index contributed by atoms with van der Waals surface area (Å²) in [4.78, 5) is 36.0. The van der Waals surface area contributed by atoms with Gasteiger partial charge in [0, 0.05) is 29.7 Å². The van der Waals surface area contributed by atoms with Crippen LogP contribution < -0.4 is 5.32 Å². The average molecular weight is 372 g/mol. The fourth-order valence-corrected chi connectivity index (χ4v) is 3.96. The van der Waals surface area contributed by atoms with Crippen LogP contribution in [0.3, 0.4) is 0 Å². The van der Waals surface area contributed by atoms with Gasteiger partial charge in [-0.2, -0.15) is 0 Å². The van der Waals surface area contributed by atoms with E-state index in [0.717, 1.165) is 38.5 Å². The Morgan fingerprint density at radius 2 is 1.85 bits per heavy atom. The monoisotopic (exact) mass is 372 g/mol. The lowest BCUT2D eigenvalue weighted by atomic mass is 9.83. The quantitative estimate of drug-likeness (QED) is 0.376. The minimum Gasteiger partial charge on any atom is -0.459 e. The number of nitro benzene ring substituents is 1. The van der Waals surface area contributed by atoms with Crippen LogP contribution in [0.25, 0.3) is 0 Å². The van der Waals surface area contributed by atoms with Crippen LogP contribution in [0.15, 0.2) is 35.5 Å². The number of para-hydroxylation sites is 1. The lowest BCUT2D eigenvalue weighted by Crippen LogP contribution is -2.35. The zero-order chi connectivity index (χ0) is 19.4. The molecule has 1 heterocycles. The molecular formula is C20H24N2O5. The molecule has 1 atom stereocenters. The first-order chi connectivity index (χ1) is 13.0. The number of rotatable bonds is 4. The highest BCUT2D eigenvalue weighted by Crippen LogP contribution is 2.38. The molecule has 2 aliphatic rings. The van der Waals surface area contributed by atoms with Crippen molar-refractivity contribution in [3.05, 3.63) is 51.2 Å². The van der Waals surface area contributed by atoms with E-state index < -0.39 is 16.8 Å². The summed E-state index contributed by atoms with van der Waals surface area (Å²) in [7, 11) is 0. The second-order valence-electron chi connectivity index (χ2n) is 7.18. The smallest absolute Gasteiger partial charge is 0.336 e. The summed E-state index contributed by atoms with van der Waals surface area (Å²) < 4.78 is 5.75. The molecule has 27 heavy (non-hydrogen) atoms. The van der Waals surface area contributed by atoms with E-state index in [1.54, 1.807) is 25.1 Å². The highest BCUT2D eigenvalue weighted by atomic mass is 16.6. The van der Waals surface area contributed by atoms with Crippen LogP contribution in [-0.4, -0.2) is 22.9 Å². The molecule has 0 spiro atoms. The van der Waals surface area contributed by atoms with Gasteiger partial charge in [-0.05, 0) is 32.6 Å². The van der Waals surface area contributed by atoms with E-state index in [-0.39, 0.29) is 24.1 Å². The van der Waals surface area contributed by atoms with Crippen molar-refractivity contribution in [3.63, 3.8) is 0 Å². The van der Waals surface area contributed by atoms with Gasteiger partial charge in [0.05, 0.1) is 10.5 Å². The third-order valence-corrected chi connectivity index (χ3v) is 5.27. The molecule has 1 saturated carbocycles. The maximum atomic E-state index is 13.0. The first kappa shape index (κ1) is 19.1. The van der Waals surface area contributed by atoms with Gasteiger partial charge in [0.2, 0.25) is 5.91 Å². The number of benzene rings is 1. The van der Waals surface area contributed by atoms with Crippen molar-refractivity contribution >= 4 is 17.6 Å². The highest BCUT2D eigenvalue weighted by molar-refractivity contribution is 5.96. The van der Waals surface area contributed by atoms with E-state index in [9.17, 15) is 19.7 Å². The molecule has 1 unspecified atom stereocenters. The highest BCUT2D eigenvalue weighted by Gasteiger charge is 2.36. The van der Waals surface area contributed by atoms with Gasteiger partial charge in [-0.25, -0.2) is 4.79 Å². The van der Waals surface area contributed by atoms with Crippen LogP contribution in [0.4, 0.5) is 5.69 Å². The molecule has 1 aromatic carbocycles. The number of ether oxygens (including phenoxy) is 1. The fourth-order valence-electron chi connectivity index (χ4n) is 3.96. The standard InChI is InChI=1S/C20H24N2O5/c1-13-19(20(24)27-14-8-4-2-3-5-9-14)16(12-18(23)21-13)15-10-6-7-11-17(15)22(25)26/h6-7,10-11,14,16H,2-5,8-9,12H2,1H3,(H,21,23). The number of carbonyl (C=O) groups is 2. The first-order valence-corrected chi connectivity index (χ1v) is 9.42. The fraction of sp³-hybridized carbons (Fsp3) is 0.500. The van der Waals surface area contributed by atoms with Crippen LogP contribution in [0, 0.1) is 10.1 Å². The Labute approximate surface area is 157 Å². The summed E-state index contributed by atoms with van der Waals surface area (Å²) in [6.07, 6.45) is 5.86. The first-order valence-electron chi connectivity index (χ1n) is 9.42. The van der Waals surface area contributed by atoms with E-state index in [2.05, 4.69) is 5.32 Å². The van der Waals surface area contributed by atoms with Crippen LogP contribution in [-0.2, 0) is 14.3 Å². The molecule has 7 heteroatoms. The molecule has 1 amide bonds. The Morgan fingerprint density at radius 3 is 2.52 bits per heavy atom. The maximum absolute atomic E-state index is 13.0. The molecule has 0 saturated heterocycles. The molecule has 7 nitrogen and oxygen atoms in total. The lowest BCUT2D eigenvalue weighted by molar-refractivity contribution is -0.385. The molecule has 1 aliphatic heterocycles. The molecule has 0 aromatic heterocycles. The number of hydrogen-bond donors (Lipinski definition) is 1. The van der Waals surface area contributed by atoms with Gasteiger partial charge in [0.25, 0.3) is 5.69 Å². The van der Waals surface area contributed by atoms with Gasteiger partial charge in [-0.3, -0.25) is 14.9 Å². The molecule has 3 rings (SSSR count). The van der Waals surface area contributed by atoms with Gasteiger partial charge >= 0.3 is 5.97 Å². The Balaban J connectivity index is 1.92. The number of carbonyl (C=O) groups excluding carboxylic acids is 2. The average Bonchev–Trinajstić information content (AvgIpc) is 2.89. The maximum Gasteiger partial charge on any atom is 0.336 e. The van der Waals surface area contributed by atoms with E-state index in [0.29, 0.717) is 16.8 Å². The number of allylic oxidation sites excluding steroid dienone is 1. The number of nitrogens with zero attached hydrogens (tertiary/aromatic N) is 1. The third kappa shape index (κ3) is 4.35. The Kier molecular flexibility index (Phi) is 5.88. The van der Waals surface area contributed by atoms with Crippen LogP contribution in [0.2, 0.25) is 0 Å². The number of nitro groups is 1. The Hall–Kier alpha value is -2.70. The minimum atomic E-state index is -0.682. The SMILES string of the molecule is CC1=C(C(=O)OC2CCCCCC2)C(c2ccccc2[N+](=O)[O-])CC(=O)N1. The molecule has 1 aromatic rings. The summed E-state index contributed by atoms with van der Waals surface area (Å²) in [5.74, 6) is -1.43. The number of esters is 1. The zero-order valence-electron chi connectivity index (χ0n) is 15.4. The van der Waals surface area contributed by atoms with Crippen molar-refractivity contribution in [2.75, 3.05) is 0 Å². The van der Waals surface area contributed by atoms with E-state index in [1.807, 2.05) is 0 Å².